The van der Waals surface area contributed by atoms with Crippen LogP contribution in [0.25, 0.3) is 11.1 Å². The Labute approximate surface area is 171 Å². The van der Waals surface area contributed by atoms with Crippen LogP contribution in [0.15, 0.2) is 105 Å². The summed E-state index contributed by atoms with van der Waals surface area (Å²) in [4.78, 5) is 2.66. The zero-order valence-electron chi connectivity index (χ0n) is 14.4. The Hall–Kier alpha value is -2.29. The Morgan fingerprint density at radius 1 is 0.556 bits per heavy atom. The average molecular weight is 427 g/mol. The van der Waals surface area contributed by atoms with Gasteiger partial charge in [-0.1, -0.05) is 90.6 Å². The van der Waals surface area contributed by atoms with Crippen molar-refractivity contribution in [2.75, 3.05) is 0 Å². The maximum atomic E-state index is 3.82. The normalized spacial score (nSPS) is 15.0. The molecule has 4 aromatic rings. The fourth-order valence-electron chi connectivity index (χ4n) is 4.84. The molecule has 0 radical (unpaired) electrons. The van der Waals surface area contributed by atoms with E-state index < -0.39 is 0 Å². The highest BCUT2D eigenvalue weighted by Gasteiger charge is 2.50. The zero-order chi connectivity index (χ0) is 18.0. The molecule has 1 aliphatic heterocycles. The highest BCUT2D eigenvalue weighted by molar-refractivity contribution is 9.10. The topological polar surface area (TPSA) is 0 Å². The predicted octanol–water partition coefficient (Wildman–Crippen LogP) is 7.28. The van der Waals surface area contributed by atoms with Gasteiger partial charge in [-0.2, -0.15) is 0 Å². The van der Waals surface area contributed by atoms with Gasteiger partial charge in [0.15, 0.2) is 0 Å². The summed E-state index contributed by atoms with van der Waals surface area (Å²) in [6.45, 7) is 0. The van der Waals surface area contributed by atoms with Gasteiger partial charge in [0, 0.05) is 14.3 Å². The summed E-state index contributed by atoms with van der Waals surface area (Å²) in [6.07, 6.45) is 0. The summed E-state index contributed by atoms with van der Waals surface area (Å²) in [5.41, 5.74) is 7.97. The summed E-state index contributed by atoms with van der Waals surface area (Å²) in [5, 5.41) is 0. The molecule has 0 bridgehead atoms. The van der Waals surface area contributed by atoms with Crippen LogP contribution in [0.5, 0.6) is 0 Å². The average Bonchev–Trinajstić information content (AvgIpc) is 3.01. The van der Waals surface area contributed by atoms with Gasteiger partial charge < -0.3 is 0 Å². The van der Waals surface area contributed by atoms with Crippen LogP contribution in [0.3, 0.4) is 0 Å². The lowest BCUT2D eigenvalue weighted by Crippen LogP contribution is -2.32. The first-order valence-electron chi connectivity index (χ1n) is 9.07. The van der Waals surface area contributed by atoms with Crippen molar-refractivity contribution in [2.45, 2.75) is 15.2 Å². The zero-order valence-corrected chi connectivity index (χ0v) is 16.8. The molecule has 0 amide bonds. The van der Waals surface area contributed by atoms with Crippen LogP contribution >= 0.6 is 27.7 Å². The van der Waals surface area contributed by atoms with Crippen molar-refractivity contribution < 1.29 is 0 Å². The monoisotopic (exact) mass is 426 g/mol. The van der Waals surface area contributed by atoms with Gasteiger partial charge in [0.1, 0.15) is 0 Å². The predicted molar refractivity (Wildman–Crippen MR) is 116 cm³/mol. The van der Waals surface area contributed by atoms with E-state index in [9.17, 15) is 0 Å². The maximum Gasteiger partial charge on any atom is 0.0735 e. The Morgan fingerprint density at radius 3 is 1.81 bits per heavy atom. The smallest absolute Gasteiger partial charge is 0.0735 e. The lowest BCUT2D eigenvalue weighted by Gasteiger charge is -2.39. The minimum Gasteiger partial charge on any atom is -0.0882 e. The molecule has 0 aromatic heterocycles. The van der Waals surface area contributed by atoms with Crippen LogP contribution in [0, 0.1) is 0 Å². The summed E-state index contributed by atoms with van der Waals surface area (Å²) < 4.78 is 1.17. The molecule has 128 valence electrons. The first-order chi connectivity index (χ1) is 13.3. The van der Waals surface area contributed by atoms with Gasteiger partial charge in [0.2, 0.25) is 0 Å². The quantitative estimate of drug-likeness (QED) is 0.246. The Morgan fingerprint density at radius 2 is 1.11 bits per heavy atom. The molecule has 0 saturated carbocycles. The summed E-state index contributed by atoms with van der Waals surface area (Å²) in [5.74, 6) is 0. The Balaban J connectivity index is 1.87. The van der Waals surface area contributed by atoms with Gasteiger partial charge in [-0.3, -0.25) is 0 Å². The third kappa shape index (κ3) is 1.90. The fraction of sp³-hybridized carbons (Fsp3) is 0.0400. The van der Waals surface area contributed by atoms with Crippen molar-refractivity contribution in [3.8, 4) is 11.1 Å². The number of rotatable bonds is 0. The number of hydrogen-bond acceptors (Lipinski definition) is 1. The van der Waals surface area contributed by atoms with Crippen molar-refractivity contribution in [1.29, 1.82) is 0 Å². The molecule has 6 rings (SSSR count). The second kappa shape index (κ2) is 5.60. The largest absolute Gasteiger partial charge is 0.0882 e. The third-order valence-corrected chi connectivity index (χ3v) is 7.97. The van der Waals surface area contributed by atoms with E-state index in [-0.39, 0.29) is 5.41 Å². The van der Waals surface area contributed by atoms with Gasteiger partial charge in [0.05, 0.1) is 5.41 Å². The Bertz CT molecular complexity index is 1180. The van der Waals surface area contributed by atoms with E-state index in [1.165, 1.54) is 47.6 Å². The van der Waals surface area contributed by atoms with Crippen molar-refractivity contribution >= 4 is 27.7 Å². The van der Waals surface area contributed by atoms with E-state index >= 15 is 0 Å². The molecule has 0 unspecified atom stereocenters. The minimum absolute atomic E-state index is 0.256. The van der Waals surface area contributed by atoms with Crippen molar-refractivity contribution in [1.82, 2.24) is 0 Å². The molecule has 0 N–H and O–H groups in total. The highest BCUT2D eigenvalue weighted by atomic mass is 79.9. The number of benzene rings is 4. The molecule has 2 aliphatic rings. The molecular formula is C25H15BrS. The molecule has 2 heteroatoms. The van der Waals surface area contributed by atoms with Crippen molar-refractivity contribution in [2.24, 2.45) is 0 Å². The summed E-state index contributed by atoms with van der Waals surface area (Å²) >= 11 is 5.70. The van der Waals surface area contributed by atoms with Crippen molar-refractivity contribution in [3.05, 3.63) is 118 Å². The first kappa shape index (κ1) is 15.7. The van der Waals surface area contributed by atoms with Crippen LogP contribution in [0.2, 0.25) is 0 Å². The van der Waals surface area contributed by atoms with Crippen LogP contribution in [0.4, 0.5) is 0 Å². The van der Waals surface area contributed by atoms with Crippen LogP contribution < -0.4 is 0 Å². The second-order valence-electron chi connectivity index (χ2n) is 7.06. The van der Waals surface area contributed by atoms with Gasteiger partial charge in [0.25, 0.3) is 0 Å². The number of fused-ring (bicyclic) bond motifs is 9. The molecular weight excluding hydrogens is 412 g/mol. The number of halogens is 1. The molecule has 1 spiro atoms. The van der Waals surface area contributed by atoms with Gasteiger partial charge in [-0.25, -0.2) is 0 Å². The molecule has 4 aromatic carbocycles. The standard InChI is InChI=1S/C25H15BrS/c26-22-14-7-13-21-24(22)27-23-15-6-5-12-20(23)25(21)18-10-3-1-8-16(18)17-9-2-4-11-19(17)25/h1-15H. The van der Waals surface area contributed by atoms with E-state index in [1.54, 1.807) is 0 Å². The van der Waals surface area contributed by atoms with E-state index in [1.807, 2.05) is 11.8 Å². The maximum absolute atomic E-state index is 3.82. The molecule has 0 atom stereocenters. The van der Waals surface area contributed by atoms with Crippen molar-refractivity contribution in [3.63, 3.8) is 0 Å². The molecule has 27 heavy (non-hydrogen) atoms. The van der Waals surface area contributed by atoms with E-state index in [2.05, 4.69) is 107 Å². The lowest BCUT2D eigenvalue weighted by atomic mass is 9.67. The SMILES string of the molecule is Brc1cccc2c1Sc1ccccc1C21c2ccccc2-c2ccccc21. The summed E-state index contributed by atoms with van der Waals surface area (Å²) in [6, 6.07) is 33.3. The highest BCUT2D eigenvalue weighted by Crippen LogP contribution is 2.62. The van der Waals surface area contributed by atoms with E-state index in [0.717, 1.165) is 0 Å². The molecule has 0 nitrogen and oxygen atoms in total. The fourth-order valence-corrected chi connectivity index (χ4v) is 6.65. The minimum atomic E-state index is -0.256. The van der Waals surface area contributed by atoms with Gasteiger partial charge in [-0.05, 0) is 61.4 Å². The van der Waals surface area contributed by atoms with Crippen LogP contribution in [-0.2, 0) is 5.41 Å². The van der Waals surface area contributed by atoms with Crippen LogP contribution in [-0.4, -0.2) is 0 Å². The third-order valence-electron chi connectivity index (χ3n) is 5.83. The van der Waals surface area contributed by atoms with Crippen LogP contribution in [0.1, 0.15) is 22.3 Å². The van der Waals surface area contributed by atoms with Gasteiger partial charge in [-0.15, -0.1) is 0 Å². The van der Waals surface area contributed by atoms with E-state index in [0.29, 0.717) is 0 Å². The Kier molecular flexibility index (Phi) is 3.27. The molecule has 1 aliphatic carbocycles. The molecule has 0 fully saturated rings. The first-order valence-corrected chi connectivity index (χ1v) is 10.7. The van der Waals surface area contributed by atoms with E-state index in [4.69, 9.17) is 0 Å². The molecule has 0 saturated heterocycles. The molecule has 1 heterocycles. The second-order valence-corrected chi connectivity index (χ2v) is 8.96. The number of hydrogen-bond donors (Lipinski definition) is 0. The summed E-state index contributed by atoms with van der Waals surface area (Å²) in [7, 11) is 0. The lowest BCUT2D eigenvalue weighted by molar-refractivity contribution is 0.720. The van der Waals surface area contributed by atoms with Gasteiger partial charge >= 0.3 is 0 Å².